The zero-order chi connectivity index (χ0) is 13.7. The molecule has 2 rings (SSSR count). The highest BCUT2D eigenvalue weighted by atomic mass is 16.5. The standard InChI is InChI=1S/C15H23N3O/c1-3-5-11(6-4-2)10-19-12-7-8-13-14(9-12)17-18-15(13)16/h7-9,11H,3-6,10H2,1-2H3,(H3,16,17,18). The maximum atomic E-state index is 5.90. The molecule has 0 radical (unpaired) electrons. The Bertz CT molecular complexity index is 515. The van der Waals surface area contributed by atoms with Gasteiger partial charge in [-0.1, -0.05) is 26.7 Å². The van der Waals surface area contributed by atoms with Gasteiger partial charge in [0.2, 0.25) is 0 Å². The number of anilines is 1. The molecule has 1 aromatic carbocycles. The molecule has 0 amide bonds. The van der Waals surface area contributed by atoms with Crippen LogP contribution >= 0.6 is 0 Å². The third kappa shape index (κ3) is 3.40. The molecule has 0 bridgehead atoms. The van der Waals surface area contributed by atoms with E-state index in [-0.39, 0.29) is 0 Å². The Hall–Kier alpha value is -1.71. The second kappa shape index (κ2) is 6.45. The fourth-order valence-corrected chi connectivity index (χ4v) is 2.45. The van der Waals surface area contributed by atoms with Crippen LogP contribution in [0.4, 0.5) is 5.82 Å². The highest BCUT2D eigenvalue weighted by molar-refractivity contribution is 5.89. The van der Waals surface area contributed by atoms with Crippen LogP contribution in [0.2, 0.25) is 0 Å². The third-order valence-corrected chi connectivity index (χ3v) is 3.44. The summed E-state index contributed by atoms with van der Waals surface area (Å²) in [5.74, 6) is 2.07. The summed E-state index contributed by atoms with van der Waals surface area (Å²) in [7, 11) is 0. The number of nitrogens with one attached hydrogen (secondary N) is 1. The summed E-state index contributed by atoms with van der Waals surface area (Å²) in [6, 6.07) is 5.88. The van der Waals surface area contributed by atoms with Crippen molar-refractivity contribution in [3.05, 3.63) is 18.2 Å². The number of benzene rings is 1. The van der Waals surface area contributed by atoms with E-state index in [1.54, 1.807) is 0 Å². The van der Waals surface area contributed by atoms with Crippen LogP contribution in [0.3, 0.4) is 0 Å². The van der Waals surface area contributed by atoms with Crippen molar-refractivity contribution in [2.24, 2.45) is 5.92 Å². The number of nitrogen functional groups attached to an aromatic ring is 1. The number of aromatic amines is 1. The monoisotopic (exact) mass is 261 g/mol. The first-order valence-electron chi connectivity index (χ1n) is 7.11. The molecule has 19 heavy (non-hydrogen) atoms. The number of hydrogen-bond acceptors (Lipinski definition) is 3. The Morgan fingerprint density at radius 2 is 2.00 bits per heavy atom. The first kappa shape index (κ1) is 13.7. The van der Waals surface area contributed by atoms with Crippen LogP contribution in [-0.4, -0.2) is 16.8 Å². The van der Waals surface area contributed by atoms with Gasteiger partial charge in [0.15, 0.2) is 5.82 Å². The molecule has 1 heterocycles. The maximum absolute atomic E-state index is 5.90. The SMILES string of the molecule is CCCC(CCC)COc1ccc2c(N)n[nH]c2c1. The van der Waals surface area contributed by atoms with Crippen LogP contribution in [0, 0.1) is 5.92 Å². The summed E-state index contributed by atoms with van der Waals surface area (Å²) in [6.07, 6.45) is 4.88. The third-order valence-electron chi connectivity index (χ3n) is 3.44. The van der Waals surface area contributed by atoms with Gasteiger partial charge < -0.3 is 10.5 Å². The molecular weight excluding hydrogens is 238 g/mol. The van der Waals surface area contributed by atoms with Gasteiger partial charge in [0.1, 0.15) is 5.75 Å². The van der Waals surface area contributed by atoms with Crippen LogP contribution in [0.1, 0.15) is 39.5 Å². The van der Waals surface area contributed by atoms with Crippen molar-refractivity contribution in [2.75, 3.05) is 12.3 Å². The Morgan fingerprint density at radius 1 is 1.26 bits per heavy atom. The van der Waals surface area contributed by atoms with Gasteiger partial charge in [0.25, 0.3) is 0 Å². The number of fused-ring (bicyclic) bond motifs is 1. The lowest BCUT2D eigenvalue weighted by atomic mass is 9.99. The Labute approximate surface area is 114 Å². The van der Waals surface area contributed by atoms with E-state index in [2.05, 4.69) is 24.0 Å². The van der Waals surface area contributed by atoms with Gasteiger partial charge in [0.05, 0.1) is 12.1 Å². The van der Waals surface area contributed by atoms with Gasteiger partial charge in [-0.15, -0.1) is 0 Å². The number of hydrogen-bond donors (Lipinski definition) is 2. The highest BCUT2D eigenvalue weighted by Gasteiger charge is 2.09. The van der Waals surface area contributed by atoms with Crippen LogP contribution in [0.25, 0.3) is 10.9 Å². The van der Waals surface area contributed by atoms with E-state index in [1.807, 2.05) is 18.2 Å². The smallest absolute Gasteiger partial charge is 0.153 e. The largest absolute Gasteiger partial charge is 0.493 e. The Balaban J connectivity index is 2.00. The topological polar surface area (TPSA) is 63.9 Å². The fraction of sp³-hybridized carbons (Fsp3) is 0.533. The molecule has 1 aromatic heterocycles. The quantitative estimate of drug-likeness (QED) is 0.798. The number of rotatable bonds is 7. The molecule has 0 aliphatic carbocycles. The summed E-state index contributed by atoms with van der Waals surface area (Å²) >= 11 is 0. The number of nitrogens with two attached hydrogens (primary N) is 1. The minimum Gasteiger partial charge on any atom is -0.493 e. The lowest BCUT2D eigenvalue weighted by Gasteiger charge is -2.16. The maximum Gasteiger partial charge on any atom is 0.153 e. The summed E-state index contributed by atoms with van der Waals surface area (Å²) in [4.78, 5) is 0. The zero-order valence-corrected chi connectivity index (χ0v) is 11.8. The Morgan fingerprint density at radius 3 is 2.68 bits per heavy atom. The van der Waals surface area contributed by atoms with Crippen LogP contribution in [0.5, 0.6) is 5.75 Å². The number of H-pyrrole nitrogens is 1. The van der Waals surface area contributed by atoms with E-state index in [9.17, 15) is 0 Å². The van der Waals surface area contributed by atoms with Crippen molar-refractivity contribution in [3.63, 3.8) is 0 Å². The lowest BCUT2D eigenvalue weighted by Crippen LogP contribution is -2.11. The molecule has 0 aliphatic heterocycles. The fourth-order valence-electron chi connectivity index (χ4n) is 2.45. The van der Waals surface area contributed by atoms with Gasteiger partial charge in [-0.2, -0.15) is 5.10 Å². The summed E-state index contributed by atoms with van der Waals surface area (Å²) < 4.78 is 5.90. The predicted octanol–water partition coefficient (Wildman–Crippen LogP) is 3.74. The van der Waals surface area contributed by atoms with Crippen molar-refractivity contribution in [2.45, 2.75) is 39.5 Å². The summed E-state index contributed by atoms with van der Waals surface area (Å²) in [5.41, 5.74) is 6.67. The molecule has 4 nitrogen and oxygen atoms in total. The minimum atomic E-state index is 0.538. The molecular formula is C15H23N3O. The second-order valence-electron chi connectivity index (χ2n) is 5.07. The van der Waals surface area contributed by atoms with Crippen molar-refractivity contribution >= 4 is 16.7 Å². The van der Waals surface area contributed by atoms with Gasteiger partial charge >= 0.3 is 0 Å². The number of nitrogens with zero attached hydrogens (tertiary/aromatic N) is 1. The molecule has 0 atom stereocenters. The van der Waals surface area contributed by atoms with Gasteiger partial charge in [-0.25, -0.2) is 0 Å². The highest BCUT2D eigenvalue weighted by Crippen LogP contribution is 2.24. The molecule has 0 unspecified atom stereocenters. The molecule has 4 heteroatoms. The van der Waals surface area contributed by atoms with E-state index in [1.165, 1.54) is 25.7 Å². The zero-order valence-electron chi connectivity index (χ0n) is 11.8. The van der Waals surface area contributed by atoms with Crippen molar-refractivity contribution in [1.82, 2.24) is 10.2 Å². The predicted molar refractivity (Wildman–Crippen MR) is 79.3 cm³/mol. The van der Waals surface area contributed by atoms with E-state index >= 15 is 0 Å². The van der Waals surface area contributed by atoms with Crippen LogP contribution in [0.15, 0.2) is 18.2 Å². The van der Waals surface area contributed by atoms with Crippen molar-refractivity contribution in [1.29, 1.82) is 0 Å². The molecule has 0 spiro atoms. The molecule has 3 N–H and O–H groups in total. The molecule has 0 saturated heterocycles. The van der Waals surface area contributed by atoms with E-state index < -0.39 is 0 Å². The lowest BCUT2D eigenvalue weighted by molar-refractivity contribution is 0.230. The average molecular weight is 261 g/mol. The number of ether oxygens (including phenoxy) is 1. The normalized spacial score (nSPS) is 11.3. The van der Waals surface area contributed by atoms with Crippen LogP contribution < -0.4 is 10.5 Å². The first-order valence-corrected chi connectivity index (χ1v) is 7.11. The number of aromatic nitrogens is 2. The molecule has 104 valence electrons. The van der Waals surface area contributed by atoms with Crippen LogP contribution in [-0.2, 0) is 0 Å². The summed E-state index contributed by atoms with van der Waals surface area (Å²) in [5, 5.41) is 7.85. The second-order valence-corrected chi connectivity index (χ2v) is 5.07. The van der Waals surface area contributed by atoms with Gasteiger partial charge in [-0.05, 0) is 30.9 Å². The first-order chi connectivity index (χ1) is 9.24. The molecule has 2 aromatic rings. The van der Waals surface area contributed by atoms with Gasteiger partial charge in [-0.3, -0.25) is 5.10 Å². The average Bonchev–Trinajstić information content (AvgIpc) is 2.78. The Kier molecular flexibility index (Phi) is 4.66. The van der Waals surface area contributed by atoms with E-state index in [4.69, 9.17) is 10.5 Å². The molecule has 0 fully saturated rings. The molecule has 0 saturated carbocycles. The summed E-state index contributed by atoms with van der Waals surface area (Å²) in [6.45, 7) is 5.24. The van der Waals surface area contributed by atoms with Crippen molar-refractivity contribution < 1.29 is 4.74 Å². The van der Waals surface area contributed by atoms with E-state index in [0.717, 1.165) is 23.3 Å². The minimum absolute atomic E-state index is 0.538. The van der Waals surface area contributed by atoms with Crippen molar-refractivity contribution in [3.8, 4) is 5.75 Å². The van der Waals surface area contributed by atoms with E-state index in [0.29, 0.717) is 11.7 Å². The molecule has 0 aliphatic rings. The van der Waals surface area contributed by atoms with Gasteiger partial charge in [0, 0.05) is 11.5 Å².